The molecule has 0 aliphatic rings. The Morgan fingerprint density at radius 2 is 1.18 bits per heavy atom. The fourth-order valence-corrected chi connectivity index (χ4v) is 2.55. The van der Waals surface area contributed by atoms with Crippen molar-refractivity contribution in [2.24, 2.45) is 0 Å². The number of hydrogen-bond donors (Lipinski definition) is 2. The minimum absolute atomic E-state index is 0.126. The Kier molecular flexibility index (Phi) is 17.9. The Hall–Kier alpha value is -0.610. The minimum Gasteiger partial charge on any atom is -0.480 e. The van der Waals surface area contributed by atoms with Gasteiger partial charge in [-0.05, 0) is 6.42 Å². The van der Waals surface area contributed by atoms with Crippen molar-refractivity contribution in [2.75, 3.05) is 13.2 Å². The maximum atomic E-state index is 10.2. The monoisotopic (exact) mass is 315 g/mol. The number of unbranched alkanes of at least 4 members (excludes halogenated alkanes) is 13. The van der Waals surface area contributed by atoms with Crippen LogP contribution in [0.3, 0.4) is 0 Å². The van der Waals surface area contributed by atoms with Crippen LogP contribution >= 0.6 is 0 Å². The lowest BCUT2D eigenvalue weighted by atomic mass is 10.0. The lowest BCUT2D eigenvalue weighted by Crippen LogP contribution is -2.23. The number of hydrogen-bond acceptors (Lipinski definition) is 3. The van der Waals surface area contributed by atoms with Crippen molar-refractivity contribution in [2.45, 2.75) is 96.8 Å². The maximum absolute atomic E-state index is 10.2. The van der Waals surface area contributed by atoms with Gasteiger partial charge in [0.25, 0.3) is 0 Å². The molecule has 0 aromatic rings. The average Bonchev–Trinajstić information content (AvgIpc) is 2.50. The lowest BCUT2D eigenvalue weighted by Gasteiger charge is -2.04. The van der Waals surface area contributed by atoms with E-state index in [4.69, 9.17) is 9.94 Å². The van der Waals surface area contributed by atoms with E-state index in [2.05, 4.69) is 12.4 Å². The zero-order chi connectivity index (χ0) is 16.3. The van der Waals surface area contributed by atoms with Crippen LogP contribution in [0.4, 0.5) is 0 Å². The molecule has 0 rings (SSSR count). The number of carboxylic acid groups (broad SMARTS) is 1. The summed E-state index contributed by atoms with van der Waals surface area (Å²) in [5.41, 5.74) is 2.43. The van der Waals surface area contributed by atoms with Crippen LogP contribution in [0, 0.1) is 0 Å². The number of rotatable bonds is 18. The minimum atomic E-state index is -0.888. The van der Waals surface area contributed by atoms with E-state index in [0.29, 0.717) is 6.61 Å². The molecule has 0 amide bonds. The summed E-state index contributed by atoms with van der Waals surface area (Å²) in [5.74, 6) is -0.888. The summed E-state index contributed by atoms with van der Waals surface area (Å²) in [7, 11) is 0. The molecule has 0 saturated heterocycles. The van der Waals surface area contributed by atoms with E-state index in [1.807, 2.05) is 0 Å². The van der Waals surface area contributed by atoms with Crippen molar-refractivity contribution in [3.05, 3.63) is 0 Å². The zero-order valence-corrected chi connectivity index (χ0v) is 14.6. The summed E-state index contributed by atoms with van der Waals surface area (Å²) >= 11 is 0. The first-order valence-electron chi connectivity index (χ1n) is 9.33. The van der Waals surface area contributed by atoms with Gasteiger partial charge in [-0.25, -0.2) is 0 Å². The van der Waals surface area contributed by atoms with Crippen molar-refractivity contribution in [1.82, 2.24) is 5.48 Å². The van der Waals surface area contributed by atoms with Crippen LogP contribution in [-0.2, 0) is 9.63 Å². The van der Waals surface area contributed by atoms with E-state index in [0.717, 1.165) is 6.42 Å². The van der Waals surface area contributed by atoms with E-state index >= 15 is 0 Å². The molecule has 0 unspecified atom stereocenters. The van der Waals surface area contributed by atoms with Gasteiger partial charge in [0.15, 0.2) is 0 Å². The third-order valence-electron chi connectivity index (χ3n) is 3.93. The number of carboxylic acids is 1. The Balaban J connectivity index is 2.95. The van der Waals surface area contributed by atoms with Gasteiger partial charge >= 0.3 is 5.97 Å². The van der Waals surface area contributed by atoms with Crippen LogP contribution < -0.4 is 5.48 Å². The highest BCUT2D eigenvalue weighted by Crippen LogP contribution is 2.12. The normalized spacial score (nSPS) is 11.0. The van der Waals surface area contributed by atoms with E-state index in [9.17, 15) is 4.79 Å². The summed E-state index contributed by atoms with van der Waals surface area (Å²) in [4.78, 5) is 15.2. The van der Waals surface area contributed by atoms with E-state index in [1.165, 1.54) is 83.5 Å². The fourth-order valence-electron chi connectivity index (χ4n) is 2.55. The highest BCUT2D eigenvalue weighted by Gasteiger charge is 1.96. The smallest absolute Gasteiger partial charge is 0.319 e. The Bertz CT molecular complexity index is 234. The second kappa shape index (κ2) is 18.4. The molecule has 0 saturated carbocycles. The predicted octanol–water partition coefficient (Wildman–Crippen LogP) is 5.07. The molecule has 0 aliphatic carbocycles. The summed E-state index contributed by atoms with van der Waals surface area (Å²) in [5, 5.41) is 8.40. The molecule has 0 aliphatic heterocycles. The first kappa shape index (κ1) is 21.4. The Labute approximate surface area is 137 Å². The number of carbonyl (C=O) groups is 1. The third kappa shape index (κ3) is 19.4. The van der Waals surface area contributed by atoms with Crippen LogP contribution in [0.2, 0.25) is 0 Å². The molecule has 0 heterocycles. The standard InChI is InChI=1S/C18H37NO3/c1-2-3-4-5-6-7-8-9-10-11-12-13-14-15-16-22-19-17-18(20)21/h19H,2-17H2,1H3,(H,20,21). The van der Waals surface area contributed by atoms with Gasteiger partial charge in [-0.3, -0.25) is 4.79 Å². The van der Waals surface area contributed by atoms with Crippen LogP contribution in [0.5, 0.6) is 0 Å². The lowest BCUT2D eigenvalue weighted by molar-refractivity contribution is -0.138. The number of aliphatic carboxylic acids is 1. The molecule has 4 heteroatoms. The highest BCUT2D eigenvalue weighted by atomic mass is 16.6. The quantitative estimate of drug-likeness (QED) is 0.274. The Morgan fingerprint density at radius 3 is 1.59 bits per heavy atom. The first-order valence-corrected chi connectivity index (χ1v) is 9.33. The summed E-state index contributed by atoms with van der Waals surface area (Å²) in [6.45, 7) is 2.74. The molecular weight excluding hydrogens is 278 g/mol. The summed E-state index contributed by atoms with van der Waals surface area (Å²) in [6.07, 6.45) is 18.7. The van der Waals surface area contributed by atoms with Gasteiger partial charge in [0.1, 0.15) is 6.54 Å². The average molecular weight is 315 g/mol. The first-order chi connectivity index (χ1) is 10.8. The number of nitrogens with one attached hydrogen (secondary N) is 1. The van der Waals surface area contributed by atoms with Gasteiger partial charge in [0, 0.05) is 0 Å². The second-order valence-electron chi connectivity index (χ2n) is 6.16. The molecule has 22 heavy (non-hydrogen) atoms. The van der Waals surface area contributed by atoms with Gasteiger partial charge in [-0.15, -0.1) is 0 Å². The molecule has 132 valence electrons. The SMILES string of the molecule is CCCCCCCCCCCCCCCCONCC(=O)O. The van der Waals surface area contributed by atoms with Gasteiger partial charge in [-0.1, -0.05) is 90.4 Å². The fraction of sp³-hybridized carbons (Fsp3) is 0.944. The van der Waals surface area contributed by atoms with E-state index in [1.54, 1.807) is 0 Å². The molecule has 0 aromatic heterocycles. The largest absolute Gasteiger partial charge is 0.480 e. The molecule has 0 fully saturated rings. The van der Waals surface area contributed by atoms with Gasteiger partial charge in [-0.2, -0.15) is 5.48 Å². The molecular formula is C18H37NO3. The van der Waals surface area contributed by atoms with Gasteiger partial charge < -0.3 is 9.94 Å². The highest BCUT2D eigenvalue weighted by molar-refractivity contribution is 5.68. The van der Waals surface area contributed by atoms with Crippen molar-refractivity contribution in [1.29, 1.82) is 0 Å². The maximum Gasteiger partial charge on any atom is 0.319 e. The van der Waals surface area contributed by atoms with Gasteiger partial charge in [0.05, 0.1) is 6.61 Å². The topological polar surface area (TPSA) is 58.6 Å². The van der Waals surface area contributed by atoms with Crippen molar-refractivity contribution >= 4 is 5.97 Å². The Morgan fingerprint density at radius 1 is 0.773 bits per heavy atom. The van der Waals surface area contributed by atoms with E-state index in [-0.39, 0.29) is 6.54 Å². The molecule has 0 bridgehead atoms. The third-order valence-corrected chi connectivity index (χ3v) is 3.93. The van der Waals surface area contributed by atoms with Crippen molar-refractivity contribution in [3.63, 3.8) is 0 Å². The molecule has 0 radical (unpaired) electrons. The molecule has 2 N–H and O–H groups in total. The second-order valence-corrected chi connectivity index (χ2v) is 6.16. The molecule has 4 nitrogen and oxygen atoms in total. The molecule has 0 atom stereocenters. The van der Waals surface area contributed by atoms with Crippen LogP contribution in [-0.4, -0.2) is 24.2 Å². The number of hydroxylamine groups is 1. The summed E-state index contributed by atoms with van der Waals surface area (Å²) in [6, 6.07) is 0. The zero-order valence-electron chi connectivity index (χ0n) is 14.6. The van der Waals surface area contributed by atoms with Gasteiger partial charge in [0.2, 0.25) is 0 Å². The van der Waals surface area contributed by atoms with Crippen LogP contribution in [0.25, 0.3) is 0 Å². The van der Waals surface area contributed by atoms with Crippen molar-refractivity contribution < 1.29 is 14.7 Å². The van der Waals surface area contributed by atoms with Crippen LogP contribution in [0.1, 0.15) is 96.8 Å². The van der Waals surface area contributed by atoms with Crippen LogP contribution in [0.15, 0.2) is 0 Å². The summed E-state index contributed by atoms with van der Waals surface area (Å²) < 4.78 is 0. The molecule has 0 spiro atoms. The predicted molar refractivity (Wildman–Crippen MR) is 91.9 cm³/mol. The van der Waals surface area contributed by atoms with Crippen molar-refractivity contribution in [3.8, 4) is 0 Å². The van der Waals surface area contributed by atoms with E-state index < -0.39 is 5.97 Å². The molecule has 0 aromatic carbocycles.